The van der Waals surface area contributed by atoms with E-state index in [2.05, 4.69) is 48.1 Å². The molecule has 0 radical (unpaired) electrons. The Kier molecular flexibility index (Phi) is 5.25. The molecule has 110 valence electrons. The predicted molar refractivity (Wildman–Crippen MR) is 81.6 cm³/mol. The Morgan fingerprint density at radius 3 is 2.75 bits per heavy atom. The Bertz CT molecular complexity index is 531. The molecule has 0 spiro atoms. The van der Waals surface area contributed by atoms with E-state index in [0.717, 1.165) is 30.3 Å². The molecule has 0 fully saturated rings. The minimum atomic E-state index is 0.240. The summed E-state index contributed by atoms with van der Waals surface area (Å²) < 4.78 is 1.98. The number of hydrogen-bond acceptors (Lipinski definition) is 5. The molecular weight excluding hydrogens is 270 g/mol. The van der Waals surface area contributed by atoms with Crippen LogP contribution in [0.15, 0.2) is 12.5 Å². The molecule has 0 aliphatic rings. The van der Waals surface area contributed by atoms with Crippen LogP contribution in [0, 0.1) is 5.92 Å². The first-order valence-electron chi connectivity index (χ1n) is 7.14. The molecule has 0 saturated heterocycles. The molecule has 1 unspecified atom stereocenters. The molecule has 5 nitrogen and oxygen atoms in total. The number of rotatable bonds is 7. The summed E-state index contributed by atoms with van der Waals surface area (Å²) in [5.74, 6) is 1.55. The lowest BCUT2D eigenvalue weighted by molar-refractivity contribution is 0.449. The third-order valence-electron chi connectivity index (χ3n) is 3.09. The number of thiazole rings is 1. The molecule has 0 amide bonds. The average molecular weight is 293 g/mol. The van der Waals surface area contributed by atoms with Gasteiger partial charge in [0.25, 0.3) is 0 Å². The van der Waals surface area contributed by atoms with Gasteiger partial charge in [-0.1, -0.05) is 20.8 Å². The second kappa shape index (κ2) is 6.95. The predicted octanol–water partition coefficient (Wildman–Crippen LogP) is 2.80. The number of aromatic nitrogens is 4. The molecule has 0 aliphatic carbocycles. The van der Waals surface area contributed by atoms with Crippen LogP contribution < -0.4 is 5.32 Å². The van der Waals surface area contributed by atoms with Gasteiger partial charge in [0, 0.05) is 17.6 Å². The molecule has 6 heteroatoms. The fourth-order valence-corrected chi connectivity index (χ4v) is 2.83. The molecule has 0 bridgehead atoms. The normalized spacial score (nSPS) is 13.1. The Morgan fingerprint density at radius 2 is 2.10 bits per heavy atom. The maximum absolute atomic E-state index is 4.47. The van der Waals surface area contributed by atoms with Crippen molar-refractivity contribution in [3.8, 4) is 0 Å². The van der Waals surface area contributed by atoms with E-state index in [4.69, 9.17) is 0 Å². The molecule has 1 atom stereocenters. The first-order valence-corrected chi connectivity index (χ1v) is 7.96. The number of aryl methyl sites for hydroxylation is 1. The van der Waals surface area contributed by atoms with Crippen molar-refractivity contribution in [2.24, 2.45) is 5.92 Å². The van der Waals surface area contributed by atoms with E-state index in [1.807, 2.05) is 10.9 Å². The first-order chi connectivity index (χ1) is 9.60. The second-order valence-electron chi connectivity index (χ2n) is 5.37. The third kappa shape index (κ3) is 3.86. The van der Waals surface area contributed by atoms with Gasteiger partial charge in [-0.2, -0.15) is 5.10 Å². The maximum atomic E-state index is 4.47. The summed E-state index contributed by atoms with van der Waals surface area (Å²) in [4.78, 5) is 10.1. The van der Waals surface area contributed by atoms with Crippen LogP contribution in [0.2, 0.25) is 0 Å². The largest absolute Gasteiger partial charge is 0.301 e. The van der Waals surface area contributed by atoms with E-state index in [0.29, 0.717) is 5.92 Å². The first kappa shape index (κ1) is 15.1. The van der Waals surface area contributed by atoms with Gasteiger partial charge in [-0.05, 0) is 19.3 Å². The van der Waals surface area contributed by atoms with Crippen LogP contribution in [0.5, 0.6) is 0 Å². The lowest BCUT2D eigenvalue weighted by Gasteiger charge is -2.12. The second-order valence-corrected chi connectivity index (χ2v) is 6.52. The number of hydrogen-bond donors (Lipinski definition) is 1. The van der Waals surface area contributed by atoms with Gasteiger partial charge in [-0.15, -0.1) is 11.3 Å². The molecule has 2 heterocycles. The van der Waals surface area contributed by atoms with Crippen LogP contribution in [0.1, 0.15) is 49.4 Å². The van der Waals surface area contributed by atoms with E-state index in [9.17, 15) is 0 Å². The minimum Gasteiger partial charge on any atom is -0.301 e. The molecule has 0 saturated carbocycles. The zero-order valence-corrected chi connectivity index (χ0v) is 13.4. The molecule has 0 aromatic carbocycles. The summed E-state index contributed by atoms with van der Waals surface area (Å²) in [6, 6.07) is 0.240. The lowest BCUT2D eigenvalue weighted by atomic mass is 10.2. The van der Waals surface area contributed by atoms with Crippen LogP contribution in [0.4, 0.5) is 0 Å². The van der Waals surface area contributed by atoms with Gasteiger partial charge in [0.15, 0.2) is 0 Å². The van der Waals surface area contributed by atoms with Crippen molar-refractivity contribution in [1.82, 2.24) is 25.1 Å². The molecule has 0 aliphatic heterocycles. The highest BCUT2D eigenvalue weighted by molar-refractivity contribution is 7.11. The summed E-state index contributed by atoms with van der Waals surface area (Å²) in [6.45, 7) is 10.3. The van der Waals surface area contributed by atoms with Crippen LogP contribution in [0.25, 0.3) is 0 Å². The Hall–Kier alpha value is -1.27. The van der Waals surface area contributed by atoms with Crippen molar-refractivity contribution >= 4 is 11.3 Å². The third-order valence-corrected chi connectivity index (χ3v) is 4.41. The summed E-state index contributed by atoms with van der Waals surface area (Å²) in [5.41, 5.74) is 0. The highest BCUT2D eigenvalue weighted by Gasteiger charge is 2.12. The van der Waals surface area contributed by atoms with E-state index >= 15 is 0 Å². The van der Waals surface area contributed by atoms with E-state index in [1.165, 1.54) is 4.88 Å². The van der Waals surface area contributed by atoms with E-state index in [1.54, 1.807) is 17.7 Å². The monoisotopic (exact) mass is 293 g/mol. The van der Waals surface area contributed by atoms with Crippen molar-refractivity contribution in [3.05, 3.63) is 28.2 Å². The quantitative estimate of drug-likeness (QED) is 0.853. The van der Waals surface area contributed by atoms with Gasteiger partial charge < -0.3 is 5.32 Å². The van der Waals surface area contributed by atoms with Gasteiger partial charge in [0.1, 0.15) is 17.2 Å². The van der Waals surface area contributed by atoms with Gasteiger partial charge in [-0.25, -0.2) is 14.6 Å². The Balaban J connectivity index is 1.93. The molecule has 1 N–H and O–H groups in total. The summed E-state index contributed by atoms with van der Waals surface area (Å²) in [7, 11) is 0. The van der Waals surface area contributed by atoms with Gasteiger partial charge in [0.05, 0.1) is 12.6 Å². The van der Waals surface area contributed by atoms with E-state index < -0.39 is 0 Å². The maximum Gasteiger partial charge on any atom is 0.140 e. The smallest absolute Gasteiger partial charge is 0.140 e. The van der Waals surface area contributed by atoms with Crippen molar-refractivity contribution in [1.29, 1.82) is 0 Å². The molecule has 2 aromatic heterocycles. The fourth-order valence-electron chi connectivity index (χ4n) is 1.94. The zero-order valence-electron chi connectivity index (χ0n) is 12.6. The number of nitrogens with zero attached hydrogens (tertiary/aromatic N) is 4. The topological polar surface area (TPSA) is 55.6 Å². The highest BCUT2D eigenvalue weighted by atomic mass is 32.1. The Morgan fingerprint density at radius 1 is 1.30 bits per heavy atom. The summed E-state index contributed by atoms with van der Waals surface area (Å²) in [6.07, 6.45) is 4.65. The van der Waals surface area contributed by atoms with Crippen LogP contribution in [-0.2, 0) is 19.5 Å². The molecular formula is C14H23N5S. The zero-order chi connectivity index (χ0) is 14.5. The SMILES string of the molecule is CCc1cnc(C(C)NCc2ncnn2CC(C)C)s1. The van der Waals surface area contributed by atoms with Crippen molar-refractivity contribution in [2.75, 3.05) is 0 Å². The number of nitrogens with one attached hydrogen (secondary N) is 1. The van der Waals surface area contributed by atoms with Crippen LogP contribution >= 0.6 is 11.3 Å². The fraction of sp³-hybridized carbons (Fsp3) is 0.643. The van der Waals surface area contributed by atoms with Crippen molar-refractivity contribution in [3.63, 3.8) is 0 Å². The summed E-state index contributed by atoms with van der Waals surface area (Å²) in [5, 5.41) is 8.89. The van der Waals surface area contributed by atoms with Gasteiger partial charge >= 0.3 is 0 Å². The minimum absolute atomic E-state index is 0.240. The average Bonchev–Trinajstić information content (AvgIpc) is 3.04. The van der Waals surface area contributed by atoms with Crippen molar-refractivity contribution in [2.45, 2.75) is 53.2 Å². The van der Waals surface area contributed by atoms with Crippen LogP contribution in [-0.4, -0.2) is 19.7 Å². The Labute approximate surface area is 124 Å². The van der Waals surface area contributed by atoms with Crippen molar-refractivity contribution < 1.29 is 0 Å². The molecule has 2 rings (SSSR count). The highest BCUT2D eigenvalue weighted by Crippen LogP contribution is 2.20. The van der Waals surface area contributed by atoms with Gasteiger partial charge in [-0.3, -0.25) is 0 Å². The van der Waals surface area contributed by atoms with Gasteiger partial charge in [0.2, 0.25) is 0 Å². The summed E-state index contributed by atoms with van der Waals surface area (Å²) >= 11 is 1.78. The van der Waals surface area contributed by atoms with Crippen LogP contribution in [0.3, 0.4) is 0 Å². The standard InChI is InChI=1S/C14H23N5S/c1-5-12-6-16-14(20-12)11(4)15-7-13-17-9-18-19(13)8-10(2)3/h6,9-11,15H,5,7-8H2,1-4H3. The lowest BCUT2D eigenvalue weighted by Crippen LogP contribution is -2.21. The van der Waals surface area contributed by atoms with E-state index in [-0.39, 0.29) is 6.04 Å². The molecule has 2 aromatic rings. The molecule has 20 heavy (non-hydrogen) atoms.